The van der Waals surface area contributed by atoms with Crippen molar-refractivity contribution in [1.82, 2.24) is 14.3 Å². The Kier molecular flexibility index (Phi) is 4.16. The molecule has 0 atom stereocenters. The van der Waals surface area contributed by atoms with Crippen LogP contribution in [0.25, 0.3) is 0 Å². The number of nitriles is 1. The van der Waals surface area contributed by atoms with Crippen molar-refractivity contribution in [3.05, 3.63) is 12.0 Å². The van der Waals surface area contributed by atoms with Crippen LogP contribution in [0.2, 0.25) is 0 Å². The van der Waals surface area contributed by atoms with Crippen LogP contribution in [-0.2, 0) is 16.6 Å². The predicted molar refractivity (Wildman–Crippen MR) is 74.4 cm³/mol. The normalized spacial score (nSPS) is 18.1. The van der Waals surface area contributed by atoms with Gasteiger partial charge in [-0.25, -0.2) is 13.4 Å². The Balaban J connectivity index is 2.27. The molecule has 6 nitrogen and oxygen atoms in total. The van der Waals surface area contributed by atoms with Crippen LogP contribution in [0.5, 0.6) is 0 Å². The van der Waals surface area contributed by atoms with Gasteiger partial charge in [0.2, 0.25) is 0 Å². The minimum Gasteiger partial charge on any atom is -0.334 e. The number of aromatic nitrogens is 2. The molecule has 20 heavy (non-hydrogen) atoms. The van der Waals surface area contributed by atoms with Crippen LogP contribution >= 0.6 is 0 Å². The SMILES string of the molecule is CCCn1cc(S(=O)(=O)NC2(C#N)CCCC2)nc1C. The average molecular weight is 296 g/mol. The standard InChI is InChI=1S/C13H20N4O2S/c1-3-8-17-9-12(15-11(17)2)20(18,19)16-13(10-14)6-4-5-7-13/h9,16H,3-8H2,1-2H3. The minimum atomic E-state index is -3.74. The highest BCUT2D eigenvalue weighted by Crippen LogP contribution is 2.30. The second-order valence-electron chi connectivity index (χ2n) is 5.33. The second-order valence-corrected chi connectivity index (χ2v) is 6.96. The molecule has 110 valence electrons. The lowest BCUT2D eigenvalue weighted by atomic mass is 10.0. The van der Waals surface area contributed by atoms with E-state index in [4.69, 9.17) is 0 Å². The van der Waals surface area contributed by atoms with Crippen molar-refractivity contribution < 1.29 is 8.42 Å². The van der Waals surface area contributed by atoms with E-state index >= 15 is 0 Å². The fourth-order valence-corrected chi connectivity index (χ4v) is 3.99. The van der Waals surface area contributed by atoms with Gasteiger partial charge in [-0.2, -0.15) is 9.98 Å². The summed E-state index contributed by atoms with van der Waals surface area (Å²) in [7, 11) is -3.74. The first-order valence-electron chi connectivity index (χ1n) is 6.91. The molecular formula is C13H20N4O2S. The summed E-state index contributed by atoms with van der Waals surface area (Å²) in [4.78, 5) is 4.11. The quantitative estimate of drug-likeness (QED) is 0.896. The molecule has 1 N–H and O–H groups in total. The Morgan fingerprint density at radius 3 is 2.70 bits per heavy atom. The fraction of sp³-hybridized carbons (Fsp3) is 0.692. The molecule has 2 rings (SSSR count). The summed E-state index contributed by atoms with van der Waals surface area (Å²) in [6, 6.07) is 2.13. The number of aryl methyl sites for hydroxylation is 2. The van der Waals surface area contributed by atoms with E-state index in [1.807, 2.05) is 11.5 Å². The van der Waals surface area contributed by atoms with Gasteiger partial charge in [0, 0.05) is 12.7 Å². The summed E-state index contributed by atoms with van der Waals surface area (Å²) in [5, 5.41) is 9.27. The Morgan fingerprint density at radius 2 is 2.15 bits per heavy atom. The minimum absolute atomic E-state index is 0.00461. The van der Waals surface area contributed by atoms with Crippen LogP contribution < -0.4 is 4.72 Å². The molecule has 7 heteroatoms. The Labute approximate surface area is 119 Å². The van der Waals surface area contributed by atoms with E-state index in [0.717, 1.165) is 25.8 Å². The molecular weight excluding hydrogens is 276 g/mol. The van der Waals surface area contributed by atoms with Crippen molar-refractivity contribution in [2.24, 2.45) is 0 Å². The van der Waals surface area contributed by atoms with Gasteiger partial charge in [0.05, 0.1) is 6.07 Å². The van der Waals surface area contributed by atoms with Gasteiger partial charge in [-0.1, -0.05) is 19.8 Å². The van der Waals surface area contributed by atoms with E-state index < -0.39 is 15.6 Å². The summed E-state index contributed by atoms with van der Waals surface area (Å²) in [5.74, 6) is 0.671. The van der Waals surface area contributed by atoms with Crippen molar-refractivity contribution in [2.45, 2.75) is 63.1 Å². The molecule has 0 unspecified atom stereocenters. The number of rotatable bonds is 5. The highest BCUT2D eigenvalue weighted by atomic mass is 32.2. The third-order valence-corrected chi connectivity index (χ3v) is 5.10. The van der Waals surface area contributed by atoms with E-state index in [1.54, 1.807) is 13.1 Å². The predicted octanol–water partition coefficient (Wildman–Crippen LogP) is 1.72. The molecule has 0 aliphatic heterocycles. The Hall–Kier alpha value is -1.39. The molecule has 1 fully saturated rings. The lowest BCUT2D eigenvalue weighted by Crippen LogP contribution is -2.45. The van der Waals surface area contributed by atoms with Gasteiger partial charge in [-0.05, 0) is 26.2 Å². The molecule has 0 aromatic carbocycles. The third-order valence-electron chi connectivity index (χ3n) is 3.69. The maximum atomic E-state index is 12.4. The summed E-state index contributed by atoms with van der Waals surface area (Å²) in [6.45, 7) is 4.54. The smallest absolute Gasteiger partial charge is 0.260 e. The van der Waals surface area contributed by atoms with Gasteiger partial charge >= 0.3 is 0 Å². The molecule has 1 aromatic heterocycles. The topological polar surface area (TPSA) is 87.8 Å². The van der Waals surface area contributed by atoms with Gasteiger partial charge in [-0.15, -0.1) is 0 Å². The lowest BCUT2D eigenvalue weighted by Gasteiger charge is -2.20. The van der Waals surface area contributed by atoms with Crippen LogP contribution in [0.3, 0.4) is 0 Å². The zero-order chi connectivity index (χ0) is 14.8. The van der Waals surface area contributed by atoms with Crippen LogP contribution in [0.1, 0.15) is 44.9 Å². The zero-order valence-electron chi connectivity index (χ0n) is 11.9. The molecule has 1 aliphatic carbocycles. The zero-order valence-corrected chi connectivity index (χ0v) is 12.7. The van der Waals surface area contributed by atoms with Crippen molar-refractivity contribution >= 4 is 10.0 Å². The largest absolute Gasteiger partial charge is 0.334 e. The van der Waals surface area contributed by atoms with Crippen LogP contribution in [0.4, 0.5) is 0 Å². The van der Waals surface area contributed by atoms with Gasteiger partial charge in [-0.3, -0.25) is 0 Å². The molecule has 1 aliphatic rings. The number of hydrogen-bond donors (Lipinski definition) is 1. The highest BCUT2D eigenvalue weighted by Gasteiger charge is 2.39. The first kappa shape index (κ1) is 15.0. The van der Waals surface area contributed by atoms with Crippen molar-refractivity contribution in [3.63, 3.8) is 0 Å². The summed E-state index contributed by atoms with van der Waals surface area (Å²) in [6.07, 6.45) is 5.33. The molecule has 1 heterocycles. The monoisotopic (exact) mass is 296 g/mol. The number of sulfonamides is 1. The van der Waals surface area contributed by atoms with E-state index in [0.29, 0.717) is 18.7 Å². The first-order chi connectivity index (χ1) is 9.42. The van der Waals surface area contributed by atoms with Crippen LogP contribution in [0.15, 0.2) is 11.2 Å². The van der Waals surface area contributed by atoms with Crippen molar-refractivity contribution in [3.8, 4) is 6.07 Å². The van der Waals surface area contributed by atoms with E-state index in [1.165, 1.54) is 0 Å². The van der Waals surface area contributed by atoms with E-state index in [9.17, 15) is 13.7 Å². The summed E-state index contributed by atoms with van der Waals surface area (Å²) < 4.78 is 29.1. The molecule has 0 radical (unpaired) electrons. The van der Waals surface area contributed by atoms with E-state index in [2.05, 4.69) is 15.8 Å². The molecule has 0 spiro atoms. The number of imidazole rings is 1. The highest BCUT2D eigenvalue weighted by molar-refractivity contribution is 7.89. The Morgan fingerprint density at radius 1 is 1.50 bits per heavy atom. The lowest BCUT2D eigenvalue weighted by molar-refractivity contribution is 0.483. The summed E-state index contributed by atoms with van der Waals surface area (Å²) in [5.41, 5.74) is -0.957. The Bertz CT molecular complexity index is 621. The number of nitrogens with one attached hydrogen (secondary N) is 1. The maximum absolute atomic E-state index is 12.4. The van der Waals surface area contributed by atoms with Crippen molar-refractivity contribution in [2.75, 3.05) is 0 Å². The summed E-state index contributed by atoms with van der Waals surface area (Å²) >= 11 is 0. The first-order valence-corrected chi connectivity index (χ1v) is 8.40. The van der Waals surface area contributed by atoms with Crippen molar-refractivity contribution in [1.29, 1.82) is 5.26 Å². The second kappa shape index (κ2) is 5.54. The van der Waals surface area contributed by atoms with Gasteiger partial charge < -0.3 is 4.57 Å². The van der Waals surface area contributed by atoms with E-state index in [-0.39, 0.29) is 5.03 Å². The van der Waals surface area contributed by atoms with Crippen LogP contribution in [-0.4, -0.2) is 23.5 Å². The molecule has 1 saturated carbocycles. The molecule has 0 amide bonds. The number of nitrogens with zero attached hydrogens (tertiary/aromatic N) is 3. The number of hydrogen-bond acceptors (Lipinski definition) is 4. The average Bonchev–Trinajstić information content (AvgIpc) is 2.98. The molecule has 0 bridgehead atoms. The van der Waals surface area contributed by atoms with Gasteiger partial charge in [0.25, 0.3) is 10.0 Å². The third kappa shape index (κ3) is 2.86. The molecule has 1 aromatic rings. The fourth-order valence-electron chi connectivity index (χ4n) is 2.60. The maximum Gasteiger partial charge on any atom is 0.260 e. The van der Waals surface area contributed by atoms with Crippen LogP contribution in [0, 0.1) is 18.3 Å². The molecule has 0 saturated heterocycles. The van der Waals surface area contributed by atoms with Gasteiger partial charge in [0.15, 0.2) is 5.03 Å². The van der Waals surface area contributed by atoms with Gasteiger partial charge in [0.1, 0.15) is 11.4 Å².